The van der Waals surface area contributed by atoms with E-state index in [2.05, 4.69) is 22.2 Å². The number of rotatable bonds is 5. The van der Waals surface area contributed by atoms with Gasteiger partial charge < -0.3 is 10.6 Å². The van der Waals surface area contributed by atoms with Crippen LogP contribution in [0.4, 0.5) is 5.69 Å². The van der Waals surface area contributed by atoms with Crippen LogP contribution in [0.25, 0.3) is 0 Å². The van der Waals surface area contributed by atoms with Crippen molar-refractivity contribution in [2.75, 3.05) is 11.9 Å². The maximum atomic E-state index is 12.5. The number of carbonyl (C=O) groups is 2. The highest BCUT2D eigenvalue weighted by molar-refractivity contribution is 6.05. The number of carbonyl (C=O) groups excluding carboxylic acids is 2. The zero-order valence-corrected chi connectivity index (χ0v) is 14.1. The maximum Gasteiger partial charge on any atom is 0.274 e. The molecule has 1 heterocycles. The number of nitrogens with zero attached hydrogens (tertiary/aromatic N) is 1. The van der Waals surface area contributed by atoms with Crippen LogP contribution in [0.2, 0.25) is 0 Å². The van der Waals surface area contributed by atoms with Crippen molar-refractivity contribution < 1.29 is 9.59 Å². The van der Waals surface area contributed by atoms with Gasteiger partial charge in [0.2, 0.25) is 0 Å². The highest BCUT2D eigenvalue weighted by Gasteiger charge is 2.14. The molecule has 0 atom stereocenters. The average Bonchev–Trinajstić information content (AvgIpc) is 2.55. The van der Waals surface area contributed by atoms with E-state index in [4.69, 9.17) is 0 Å². The normalized spacial score (nSPS) is 10.1. The van der Waals surface area contributed by atoms with Gasteiger partial charge in [0.25, 0.3) is 11.8 Å². The fourth-order valence-corrected chi connectivity index (χ4v) is 2.52. The monoisotopic (exact) mass is 323 g/mol. The number of pyridine rings is 1. The van der Waals surface area contributed by atoms with E-state index in [0.717, 1.165) is 22.4 Å². The SMILES string of the molecule is C=CCNC(=O)c1ccnc(C(=O)Nc2c(C)cc(C)cc2C)c1. The second kappa shape index (κ2) is 7.55. The molecule has 0 spiro atoms. The van der Waals surface area contributed by atoms with Gasteiger partial charge in [0.15, 0.2) is 0 Å². The van der Waals surface area contributed by atoms with Gasteiger partial charge in [-0.25, -0.2) is 0 Å². The second-order valence-electron chi connectivity index (χ2n) is 5.66. The molecular weight excluding hydrogens is 302 g/mol. The Morgan fingerprint density at radius 3 is 2.42 bits per heavy atom. The molecule has 0 radical (unpaired) electrons. The molecule has 0 aliphatic carbocycles. The molecular formula is C19H21N3O2. The maximum absolute atomic E-state index is 12.5. The Kier molecular flexibility index (Phi) is 5.47. The third-order valence-corrected chi connectivity index (χ3v) is 3.58. The Morgan fingerprint density at radius 1 is 1.12 bits per heavy atom. The summed E-state index contributed by atoms with van der Waals surface area (Å²) in [6.45, 7) is 9.82. The van der Waals surface area contributed by atoms with Gasteiger partial charge in [-0.1, -0.05) is 23.8 Å². The Morgan fingerprint density at radius 2 is 1.79 bits per heavy atom. The summed E-state index contributed by atoms with van der Waals surface area (Å²) in [5.41, 5.74) is 4.47. The molecule has 1 aromatic heterocycles. The summed E-state index contributed by atoms with van der Waals surface area (Å²) in [7, 11) is 0. The zero-order chi connectivity index (χ0) is 17.7. The van der Waals surface area contributed by atoms with Crippen molar-refractivity contribution >= 4 is 17.5 Å². The first kappa shape index (κ1) is 17.4. The van der Waals surface area contributed by atoms with Crippen LogP contribution in [-0.2, 0) is 0 Å². The van der Waals surface area contributed by atoms with Crippen LogP contribution in [0, 0.1) is 20.8 Å². The number of aromatic nitrogens is 1. The molecule has 5 heteroatoms. The van der Waals surface area contributed by atoms with Crippen LogP contribution < -0.4 is 10.6 Å². The van der Waals surface area contributed by atoms with Gasteiger partial charge in [-0.3, -0.25) is 14.6 Å². The molecule has 0 bridgehead atoms. The lowest BCUT2D eigenvalue weighted by molar-refractivity contribution is 0.0958. The molecule has 0 fully saturated rings. The molecule has 2 rings (SSSR count). The predicted octanol–water partition coefficient (Wildman–Crippen LogP) is 3.17. The minimum absolute atomic E-state index is 0.195. The van der Waals surface area contributed by atoms with Crippen molar-refractivity contribution in [3.05, 3.63) is 71.1 Å². The van der Waals surface area contributed by atoms with Crippen LogP contribution >= 0.6 is 0 Å². The minimum atomic E-state index is -0.344. The lowest BCUT2D eigenvalue weighted by Crippen LogP contribution is -2.24. The fourth-order valence-electron chi connectivity index (χ4n) is 2.52. The van der Waals surface area contributed by atoms with Crippen molar-refractivity contribution in [2.45, 2.75) is 20.8 Å². The summed E-state index contributed by atoms with van der Waals surface area (Å²) in [5.74, 6) is -0.613. The Balaban J connectivity index is 2.22. The van der Waals surface area contributed by atoms with E-state index >= 15 is 0 Å². The highest BCUT2D eigenvalue weighted by Crippen LogP contribution is 2.22. The summed E-state index contributed by atoms with van der Waals surface area (Å²) < 4.78 is 0. The standard InChI is InChI=1S/C19H21N3O2/c1-5-7-21-18(23)15-6-8-20-16(11-15)19(24)22-17-13(3)9-12(2)10-14(17)4/h5-6,8-11H,1,7H2,2-4H3,(H,21,23)(H,22,24). The molecule has 0 aliphatic heterocycles. The molecule has 0 saturated heterocycles. The lowest BCUT2D eigenvalue weighted by Gasteiger charge is -2.13. The molecule has 0 aliphatic rings. The molecule has 24 heavy (non-hydrogen) atoms. The van der Waals surface area contributed by atoms with Gasteiger partial charge in [0, 0.05) is 24.0 Å². The number of benzene rings is 1. The summed E-state index contributed by atoms with van der Waals surface area (Å²) in [4.78, 5) is 28.5. The van der Waals surface area contributed by atoms with Crippen molar-refractivity contribution in [3.8, 4) is 0 Å². The van der Waals surface area contributed by atoms with Crippen molar-refractivity contribution in [1.82, 2.24) is 10.3 Å². The van der Waals surface area contributed by atoms with Crippen molar-refractivity contribution in [3.63, 3.8) is 0 Å². The number of aryl methyl sites for hydroxylation is 3. The zero-order valence-electron chi connectivity index (χ0n) is 14.1. The number of hydrogen-bond acceptors (Lipinski definition) is 3. The first-order valence-corrected chi connectivity index (χ1v) is 7.66. The van der Waals surface area contributed by atoms with Gasteiger partial charge in [-0.2, -0.15) is 0 Å². The molecule has 124 valence electrons. The molecule has 2 aromatic rings. The van der Waals surface area contributed by atoms with E-state index in [1.165, 1.54) is 12.3 Å². The van der Waals surface area contributed by atoms with E-state index in [1.807, 2.05) is 32.9 Å². The highest BCUT2D eigenvalue weighted by atomic mass is 16.2. The predicted molar refractivity (Wildman–Crippen MR) is 95.4 cm³/mol. The van der Waals surface area contributed by atoms with Crippen molar-refractivity contribution in [1.29, 1.82) is 0 Å². The minimum Gasteiger partial charge on any atom is -0.349 e. The van der Waals surface area contributed by atoms with E-state index < -0.39 is 0 Å². The summed E-state index contributed by atoms with van der Waals surface area (Å²) >= 11 is 0. The quantitative estimate of drug-likeness (QED) is 0.830. The fraction of sp³-hybridized carbons (Fsp3) is 0.211. The Bertz CT molecular complexity index is 774. The van der Waals surface area contributed by atoms with Crippen LogP contribution in [0.5, 0.6) is 0 Å². The van der Waals surface area contributed by atoms with E-state index in [0.29, 0.717) is 12.1 Å². The molecule has 2 N–H and O–H groups in total. The van der Waals surface area contributed by atoms with Crippen LogP contribution in [-0.4, -0.2) is 23.3 Å². The van der Waals surface area contributed by atoms with Gasteiger partial charge in [-0.15, -0.1) is 6.58 Å². The first-order chi connectivity index (χ1) is 11.4. The van der Waals surface area contributed by atoms with Crippen LogP contribution in [0.3, 0.4) is 0 Å². The molecule has 2 amide bonds. The van der Waals surface area contributed by atoms with Crippen LogP contribution in [0.1, 0.15) is 37.5 Å². The second-order valence-corrected chi connectivity index (χ2v) is 5.66. The van der Waals surface area contributed by atoms with Gasteiger partial charge in [-0.05, 0) is 44.0 Å². The Hall–Kier alpha value is -2.95. The number of anilines is 1. The van der Waals surface area contributed by atoms with Crippen molar-refractivity contribution in [2.24, 2.45) is 0 Å². The van der Waals surface area contributed by atoms with E-state index in [9.17, 15) is 9.59 Å². The van der Waals surface area contributed by atoms with Gasteiger partial charge >= 0.3 is 0 Å². The molecule has 1 aromatic carbocycles. The summed E-state index contributed by atoms with van der Waals surface area (Å²) in [6.07, 6.45) is 3.04. The number of amides is 2. The van der Waals surface area contributed by atoms with E-state index in [1.54, 1.807) is 12.1 Å². The van der Waals surface area contributed by atoms with Gasteiger partial charge in [0.1, 0.15) is 5.69 Å². The molecule has 5 nitrogen and oxygen atoms in total. The molecule has 0 unspecified atom stereocenters. The number of hydrogen-bond donors (Lipinski definition) is 2. The topological polar surface area (TPSA) is 71.1 Å². The van der Waals surface area contributed by atoms with E-state index in [-0.39, 0.29) is 17.5 Å². The smallest absolute Gasteiger partial charge is 0.274 e. The summed E-state index contributed by atoms with van der Waals surface area (Å²) in [5, 5.41) is 5.55. The third-order valence-electron chi connectivity index (χ3n) is 3.58. The third kappa shape index (κ3) is 4.07. The van der Waals surface area contributed by atoms with Gasteiger partial charge in [0.05, 0.1) is 0 Å². The lowest BCUT2D eigenvalue weighted by atomic mass is 10.0. The largest absolute Gasteiger partial charge is 0.349 e. The molecule has 0 saturated carbocycles. The van der Waals surface area contributed by atoms with Crippen LogP contribution in [0.15, 0.2) is 43.1 Å². The Labute approximate surface area is 141 Å². The summed E-state index contributed by atoms with van der Waals surface area (Å²) in [6, 6.07) is 7.06. The average molecular weight is 323 g/mol. The number of nitrogens with one attached hydrogen (secondary N) is 2. The first-order valence-electron chi connectivity index (χ1n) is 7.66.